The highest BCUT2D eigenvalue weighted by Crippen LogP contribution is 2.33. The Bertz CT molecular complexity index is 739. The molecule has 134 valence electrons. The lowest BCUT2D eigenvalue weighted by molar-refractivity contribution is -0.137. The molecule has 1 amide bonds. The molecule has 1 aliphatic rings. The van der Waals surface area contributed by atoms with Crippen molar-refractivity contribution >= 4 is 17.2 Å². The molecule has 0 atom stereocenters. The predicted octanol–water partition coefficient (Wildman–Crippen LogP) is 3.24. The first-order valence-corrected chi connectivity index (χ1v) is 8.92. The molecule has 4 nitrogen and oxygen atoms in total. The molecule has 2 N–H and O–H groups in total. The van der Waals surface area contributed by atoms with E-state index in [1.807, 2.05) is 0 Å². The van der Waals surface area contributed by atoms with Crippen LogP contribution in [0.3, 0.4) is 0 Å². The van der Waals surface area contributed by atoms with Crippen LogP contribution in [0.5, 0.6) is 0 Å². The highest BCUT2D eigenvalue weighted by atomic mass is 32.1. The molecule has 1 fully saturated rings. The maximum absolute atomic E-state index is 12.8. The number of halogens is 3. The van der Waals surface area contributed by atoms with Crippen molar-refractivity contribution in [2.24, 2.45) is 0 Å². The number of carbonyl (C=O) groups is 1. The van der Waals surface area contributed by atoms with Gasteiger partial charge in [0.1, 0.15) is 5.01 Å². The Hall–Kier alpha value is -1.93. The van der Waals surface area contributed by atoms with Crippen molar-refractivity contribution in [1.82, 2.24) is 15.6 Å². The summed E-state index contributed by atoms with van der Waals surface area (Å²) in [6.07, 6.45) is -2.44. The number of alkyl halides is 3. The topological polar surface area (TPSA) is 54.0 Å². The van der Waals surface area contributed by atoms with Crippen molar-refractivity contribution < 1.29 is 18.0 Å². The summed E-state index contributed by atoms with van der Waals surface area (Å²) in [6.45, 7) is 1.78. The number of hydrogen-bond acceptors (Lipinski definition) is 4. The van der Waals surface area contributed by atoms with E-state index in [1.165, 1.54) is 17.4 Å². The fourth-order valence-corrected chi connectivity index (χ4v) is 3.58. The second kappa shape index (κ2) is 7.53. The van der Waals surface area contributed by atoms with Gasteiger partial charge in [0.2, 0.25) is 5.91 Å². The lowest BCUT2D eigenvalue weighted by atomic mass is 10.1. The van der Waals surface area contributed by atoms with E-state index in [0.717, 1.165) is 38.1 Å². The Morgan fingerprint density at radius 3 is 2.80 bits per heavy atom. The number of thiazole rings is 1. The molecule has 0 bridgehead atoms. The third-order valence-corrected chi connectivity index (χ3v) is 4.97. The lowest BCUT2D eigenvalue weighted by Crippen LogP contribution is -2.43. The van der Waals surface area contributed by atoms with Crippen molar-refractivity contribution in [2.75, 3.05) is 13.1 Å². The van der Waals surface area contributed by atoms with Gasteiger partial charge in [-0.05, 0) is 38.1 Å². The van der Waals surface area contributed by atoms with Crippen LogP contribution >= 0.6 is 11.3 Å². The van der Waals surface area contributed by atoms with Crippen LogP contribution < -0.4 is 10.6 Å². The van der Waals surface area contributed by atoms with Crippen LogP contribution in [0.4, 0.5) is 13.2 Å². The number of benzene rings is 1. The van der Waals surface area contributed by atoms with Gasteiger partial charge in [0, 0.05) is 17.0 Å². The average molecular weight is 369 g/mol. The minimum Gasteiger partial charge on any atom is -0.353 e. The van der Waals surface area contributed by atoms with Gasteiger partial charge in [0.05, 0.1) is 17.7 Å². The first-order valence-electron chi connectivity index (χ1n) is 8.04. The number of aromatic nitrogens is 1. The quantitative estimate of drug-likeness (QED) is 0.870. The Balaban J connectivity index is 1.65. The zero-order valence-corrected chi connectivity index (χ0v) is 14.2. The average Bonchev–Trinajstić information content (AvgIpc) is 3.03. The van der Waals surface area contributed by atoms with E-state index in [0.29, 0.717) is 16.3 Å². The van der Waals surface area contributed by atoms with Crippen molar-refractivity contribution in [3.05, 3.63) is 40.9 Å². The van der Waals surface area contributed by atoms with Crippen molar-refractivity contribution in [3.8, 4) is 10.6 Å². The number of nitrogens with one attached hydrogen (secondary N) is 2. The van der Waals surface area contributed by atoms with Crippen LogP contribution in [-0.4, -0.2) is 30.0 Å². The Morgan fingerprint density at radius 2 is 2.08 bits per heavy atom. The number of hydrogen-bond donors (Lipinski definition) is 2. The summed E-state index contributed by atoms with van der Waals surface area (Å²) in [7, 11) is 0. The van der Waals surface area contributed by atoms with Gasteiger partial charge in [-0.1, -0.05) is 12.1 Å². The number of piperidine rings is 1. The highest BCUT2D eigenvalue weighted by Gasteiger charge is 2.30. The zero-order valence-electron chi connectivity index (χ0n) is 13.4. The largest absolute Gasteiger partial charge is 0.416 e. The van der Waals surface area contributed by atoms with Crippen molar-refractivity contribution in [2.45, 2.75) is 31.5 Å². The molecule has 3 rings (SSSR count). The maximum Gasteiger partial charge on any atom is 0.416 e. The number of amides is 1. The van der Waals surface area contributed by atoms with Gasteiger partial charge in [0.25, 0.3) is 0 Å². The molecule has 0 radical (unpaired) electrons. The monoisotopic (exact) mass is 369 g/mol. The molecule has 0 spiro atoms. The second-order valence-electron chi connectivity index (χ2n) is 5.99. The third kappa shape index (κ3) is 4.79. The lowest BCUT2D eigenvalue weighted by Gasteiger charge is -2.23. The number of rotatable bonds is 4. The first-order chi connectivity index (χ1) is 11.9. The van der Waals surface area contributed by atoms with E-state index >= 15 is 0 Å². The molecule has 8 heteroatoms. The van der Waals surface area contributed by atoms with Gasteiger partial charge in [0.15, 0.2) is 0 Å². The van der Waals surface area contributed by atoms with Gasteiger partial charge in [-0.15, -0.1) is 11.3 Å². The molecule has 0 saturated carbocycles. The van der Waals surface area contributed by atoms with Crippen LogP contribution in [-0.2, 0) is 17.4 Å². The Labute approximate surface area is 147 Å². The molecular weight excluding hydrogens is 351 g/mol. The molecule has 1 aliphatic heterocycles. The molecule has 25 heavy (non-hydrogen) atoms. The van der Waals surface area contributed by atoms with Gasteiger partial charge >= 0.3 is 6.18 Å². The van der Waals surface area contributed by atoms with E-state index in [4.69, 9.17) is 0 Å². The van der Waals surface area contributed by atoms with Gasteiger partial charge < -0.3 is 10.6 Å². The zero-order chi connectivity index (χ0) is 17.9. The molecule has 1 aromatic carbocycles. The molecular formula is C17H18F3N3OS. The first kappa shape index (κ1) is 17.9. The van der Waals surface area contributed by atoms with Gasteiger partial charge in [-0.25, -0.2) is 4.98 Å². The fraction of sp³-hybridized carbons (Fsp3) is 0.412. The Kier molecular flexibility index (Phi) is 5.39. The maximum atomic E-state index is 12.8. The van der Waals surface area contributed by atoms with E-state index in [1.54, 1.807) is 11.4 Å². The van der Waals surface area contributed by atoms with Crippen molar-refractivity contribution in [3.63, 3.8) is 0 Å². The summed E-state index contributed by atoms with van der Waals surface area (Å²) in [6, 6.07) is 5.24. The van der Waals surface area contributed by atoms with Crippen LogP contribution in [0.1, 0.15) is 24.1 Å². The summed E-state index contributed by atoms with van der Waals surface area (Å²) >= 11 is 1.24. The normalized spacial score (nSPS) is 16.0. The van der Waals surface area contributed by atoms with Gasteiger partial charge in [-0.2, -0.15) is 13.2 Å². The van der Waals surface area contributed by atoms with Gasteiger partial charge in [-0.3, -0.25) is 4.79 Å². The van der Waals surface area contributed by atoms with E-state index in [-0.39, 0.29) is 18.4 Å². The van der Waals surface area contributed by atoms with Crippen molar-refractivity contribution in [1.29, 1.82) is 0 Å². The minimum atomic E-state index is -4.38. The molecule has 2 aromatic rings. The predicted molar refractivity (Wildman–Crippen MR) is 90.3 cm³/mol. The Morgan fingerprint density at radius 1 is 1.32 bits per heavy atom. The molecule has 0 aliphatic carbocycles. The summed E-state index contributed by atoms with van der Waals surface area (Å²) in [5, 5.41) is 8.42. The summed E-state index contributed by atoms with van der Waals surface area (Å²) in [5.74, 6) is -0.104. The molecule has 1 aromatic heterocycles. The smallest absolute Gasteiger partial charge is 0.353 e. The van der Waals surface area contributed by atoms with Crippen LogP contribution in [0.2, 0.25) is 0 Å². The number of carbonyl (C=O) groups excluding carboxylic acids is 1. The van der Waals surface area contributed by atoms with E-state index < -0.39 is 11.7 Å². The van der Waals surface area contributed by atoms with Crippen LogP contribution in [0.15, 0.2) is 29.6 Å². The number of nitrogens with zero attached hydrogens (tertiary/aromatic N) is 1. The van der Waals surface area contributed by atoms with Crippen LogP contribution in [0.25, 0.3) is 10.6 Å². The minimum absolute atomic E-state index is 0.104. The third-order valence-electron chi connectivity index (χ3n) is 4.03. The van der Waals surface area contributed by atoms with E-state index in [9.17, 15) is 18.0 Å². The SMILES string of the molecule is O=C(Cc1csc(-c2cccc(C(F)(F)F)c2)n1)NC1CCNCC1. The molecule has 2 heterocycles. The highest BCUT2D eigenvalue weighted by molar-refractivity contribution is 7.13. The summed E-state index contributed by atoms with van der Waals surface area (Å²) in [5.41, 5.74) is 0.277. The fourth-order valence-electron chi connectivity index (χ4n) is 2.76. The molecule has 0 unspecified atom stereocenters. The van der Waals surface area contributed by atoms with Crippen LogP contribution in [0, 0.1) is 0 Å². The standard InChI is InChI=1S/C17H18F3N3OS/c18-17(19,20)12-3-1-2-11(8-12)16-23-14(10-25-16)9-15(24)22-13-4-6-21-7-5-13/h1-3,8,10,13,21H,4-7,9H2,(H,22,24). The van der Waals surface area contributed by atoms with E-state index in [2.05, 4.69) is 15.6 Å². The molecule has 1 saturated heterocycles. The summed E-state index contributed by atoms with van der Waals surface area (Å²) < 4.78 is 38.4. The second-order valence-corrected chi connectivity index (χ2v) is 6.85. The summed E-state index contributed by atoms with van der Waals surface area (Å²) in [4.78, 5) is 16.4.